The molecule has 0 aliphatic carbocycles. The van der Waals surface area contributed by atoms with E-state index in [0.717, 1.165) is 17.2 Å². The van der Waals surface area contributed by atoms with Gasteiger partial charge in [0.05, 0.1) is 37.9 Å². The van der Waals surface area contributed by atoms with Crippen molar-refractivity contribution in [3.8, 4) is 5.75 Å². The van der Waals surface area contributed by atoms with E-state index in [0.29, 0.717) is 6.42 Å². The van der Waals surface area contributed by atoms with E-state index in [1.54, 1.807) is 32.9 Å². The Kier molecular flexibility index (Phi) is 13.3. The number of benzene rings is 2. The number of hydrogen-bond acceptors (Lipinski definition) is 8. The minimum atomic E-state index is -1.48. The fraction of sp³-hybridized carbons (Fsp3) is 0.548. The predicted molar refractivity (Wildman–Crippen MR) is 166 cm³/mol. The lowest BCUT2D eigenvalue weighted by atomic mass is 9.99. The third-order valence-electron chi connectivity index (χ3n) is 6.52. The van der Waals surface area contributed by atoms with Gasteiger partial charge in [0, 0.05) is 14.1 Å². The molecule has 2 aromatic carbocycles. The minimum Gasteiger partial charge on any atom is -0.508 e. The van der Waals surface area contributed by atoms with E-state index in [1.165, 1.54) is 17.0 Å². The molecule has 10 nitrogen and oxygen atoms in total. The Morgan fingerprint density at radius 2 is 1.50 bits per heavy atom. The number of amides is 2. The molecule has 2 rings (SSSR count). The number of aromatic hydroxyl groups is 1. The standard InChI is InChI=1S/C31H49N3O7Si/c1-31(2,3)41-29(38)33-26(19-22-10-8-7-9-11-22)28(37)21-34(30(39)40-16-17-42(4,5)6)20-27(36)25(32)18-23-12-14-24(35)15-13-23/h7-15,25-28,35-37H,16-21,32H2,1-6H3,(H,33,38)/t25-,26+,27?,28+/m1/s1. The van der Waals surface area contributed by atoms with Crippen molar-refractivity contribution in [2.75, 3.05) is 19.7 Å². The molecule has 0 radical (unpaired) electrons. The van der Waals surface area contributed by atoms with Crippen LogP contribution in [0.1, 0.15) is 31.9 Å². The summed E-state index contributed by atoms with van der Waals surface area (Å²) >= 11 is 0. The van der Waals surface area contributed by atoms with Crippen molar-refractivity contribution in [1.82, 2.24) is 10.2 Å². The van der Waals surface area contributed by atoms with Gasteiger partial charge in [0.15, 0.2) is 0 Å². The maximum atomic E-state index is 13.2. The summed E-state index contributed by atoms with van der Waals surface area (Å²) in [6.07, 6.45) is -3.14. The molecule has 234 valence electrons. The smallest absolute Gasteiger partial charge is 0.409 e. The highest BCUT2D eigenvalue weighted by molar-refractivity contribution is 6.76. The molecule has 1 unspecified atom stereocenters. The number of hydrogen-bond donors (Lipinski definition) is 5. The van der Waals surface area contributed by atoms with Gasteiger partial charge in [0.25, 0.3) is 0 Å². The Hall–Kier alpha value is -3.12. The summed E-state index contributed by atoms with van der Waals surface area (Å²) < 4.78 is 11.0. The highest BCUT2D eigenvalue weighted by Gasteiger charge is 2.31. The fourth-order valence-electron chi connectivity index (χ4n) is 4.12. The third-order valence-corrected chi connectivity index (χ3v) is 8.22. The van der Waals surface area contributed by atoms with Gasteiger partial charge in [0.2, 0.25) is 0 Å². The van der Waals surface area contributed by atoms with Crippen LogP contribution < -0.4 is 11.1 Å². The molecule has 11 heteroatoms. The number of ether oxygens (including phenoxy) is 2. The number of nitrogens with one attached hydrogen (secondary N) is 1. The quantitative estimate of drug-likeness (QED) is 0.204. The van der Waals surface area contributed by atoms with Gasteiger partial charge in [-0.05, 0) is 62.9 Å². The summed E-state index contributed by atoms with van der Waals surface area (Å²) in [6.45, 7) is 11.6. The van der Waals surface area contributed by atoms with E-state index < -0.39 is 50.2 Å². The number of carbonyl (C=O) groups excluding carboxylic acids is 2. The SMILES string of the molecule is CC(C)(C)OC(=O)N[C@@H](Cc1ccccc1)[C@@H](O)CN(CC(O)[C@H](N)Cc1ccc(O)cc1)C(=O)OCC[Si](C)(C)C. The van der Waals surface area contributed by atoms with Crippen LogP contribution in [-0.2, 0) is 22.3 Å². The summed E-state index contributed by atoms with van der Waals surface area (Å²) in [5.41, 5.74) is 7.23. The molecule has 4 atom stereocenters. The van der Waals surface area contributed by atoms with Crippen LogP contribution in [0.15, 0.2) is 54.6 Å². The molecule has 0 aliphatic heterocycles. The first kappa shape index (κ1) is 35.1. The van der Waals surface area contributed by atoms with Gasteiger partial charge in [-0.2, -0.15) is 0 Å². The first-order valence-electron chi connectivity index (χ1n) is 14.4. The van der Waals surface area contributed by atoms with Gasteiger partial charge >= 0.3 is 12.2 Å². The molecular formula is C31H49N3O7Si. The molecule has 6 N–H and O–H groups in total. The summed E-state index contributed by atoms with van der Waals surface area (Å²) in [5, 5.41) is 34.6. The lowest BCUT2D eigenvalue weighted by Gasteiger charge is -2.32. The zero-order chi connectivity index (χ0) is 31.5. The van der Waals surface area contributed by atoms with Gasteiger partial charge in [-0.1, -0.05) is 62.1 Å². The van der Waals surface area contributed by atoms with Gasteiger partial charge in [-0.3, -0.25) is 0 Å². The molecule has 0 spiro atoms. The zero-order valence-electron chi connectivity index (χ0n) is 25.7. The average Bonchev–Trinajstić information content (AvgIpc) is 2.87. The van der Waals surface area contributed by atoms with E-state index in [-0.39, 0.29) is 31.9 Å². The summed E-state index contributed by atoms with van der Waals surface area (Å²) in [4.78, 5) is 27.1. The molecule has 0 saturated carbocycles. The number of nitrogens with zero attached hydrogens (tertiary/aromatic N) is 1. The van der Waals surface area contributed by atoms with Crippen LogP contribution in [0.5, 0.6) is 5.75 Å². The monoisotopic (exact) mass is 603 g/mol. The number of phenols is 1. The van der Waals surface area contributed by atoms with Gasteiger partial charge < -0.3 is 40.7 Å². The lowest BCUT2D eigenvalue weighted by molar-refractivity contribution is 0.0240. The molecule has 0 fully saturated rings. The van der Waals surface area contributed by atoms with Crippen molar-refractivity contribution >= 4 is 20.3 Å². The van der Waals surface area contributed by atoms with Crippen molar-refractivity contribution in [2.24, 2.45) is 5.73 Å². The van der Waals surface area contributed by atoms with Crippen LogP contribution in [0.3, 0.4) is 0 Å². The third kappa shape index (κ3) is 13.7. The lowest BCUT2D eigenvalue weighted by Crippen LogP contribution is -2.54. The topological polar surface area (TPSA) is 155 Å². The van der Waals surface area contributed by atoms with Crippen LogP contribution in [-0.4, -0.2) is 90.1 Å². The molecule has 2 aromatic rings. The van der Waals surface area contributed by atoms with Crippen molar-refractivity contribution in [3.05, 3.63) is 65.7 Å². The second-order valence-electron chi connectivity index (χ2n) is 12.9. The summed E-state index contributed by atoms with van der Waals surface area (Å²) in [5.74, 6) is 0.124. The zero-order valence-corrected chi connectivity index (χ0v) is 26.7. The second kappa shape index (κ2) is 15.9. The van der Waals surface area contributed by atoms with Crippen LogP contribution in [0, 0.1) is 0 Å². The molecule has 0 bridgehead atoms. The summed E-state index contributed by atoms with van der Waals surface area (Å²) in [6, 6.07) is 15.1. The van der Waals surface area contributed by atoms with E-state index in [9.17, 15) is 24.9 Å². The number of carbonyl (C=O) groups is 2. The molecular weight excluding hydrogens is 554 g/mol. The van der Waals surface area contributed by atoms with E-state index in [4.69, 9.17) is 15.2 Å². The Morgan fingerprint density at radius 3 is 2.07 bits per heavy atom. The van der Waals surface area contributed by atoms with Crippen molar-refractivity contribution < 1.29 is 34.4 Å². The second-order valence-corrected chi connectivity index (χ2v) is 18.6. The first-order chi connectivity index (χ1) is 19.5. The minimum absolute atomic E-state index is 0.124. The van der Waals surface area contributed by atoms with Crippen LogP contribution in [0.25, 0.3) is 0 Å². The Labute approximate surface area is 250 Å². The Balaban J connectivity index is 2.21. The Morgan fingerprint density at radius 1 is 0.929 bits per heavy atom. The normalized spacial score (nSPS) is 14.8. The van der Waals surface area contributed by atoms with Crippen LogP contribution >= 0.6 is 0 Å². The molecule has 42 heavy (non-hydrogen) atoms. The molecule has 2 amide bonds. The van der Waals surface area contributed by atoms with Crippen molar-refractivity contribution in [2.45, 2.75) is 89.2 Å². The van der Waals surface area contributed by atoms with Crippen LogP contribution in [0.2, 0.25) is 25.7 Å². The molecule has 0 heterocycles. The number of phenolic OH excluding ortho intramolecular Hbond substituents is 1. The molecule has 0 aromatic heterocycles. The number of aliphatic hydroxyl groups excluding tert-OH is 2. The Bertz CT molecular complexity index is 1100. The van der Waals surface area contributed by atoms with E-state index in [2.05, 4.69) is 25.0 Å². The summed E-state index contributed by atoms with van der Waals surface area (Å²) in [7, 11) is -1.48. The number of alkyl carbamates (subject to hydrolysis) is 1. The molecule has 0 saturated heterocycles. The van der Waals surface area contributed by atoms with Gasteiger partial charge in [-0.25, -0.2) is 9.59 Å². The largest absolute Gasteiger partial charge is 0.508 e. The highest BCUT2D eigenvalue weighted by atomic mass is 28.3. The van der Waals surface area contributed by atoms with Crippen molar-refractivity contribution in [3.63, 3.8) is 0 Å². The first-order valence-corrected chi connectivity index (χ1v) is 18.1. The molecule has 0 aliphatic rings. The highest BCUT2D eigenvalue weighted by Crippen LogP contribution is 2.15. The average molecular weight is 604 g/mol. The number of rotatable bonds is 14. The predicted octanol–water partition coefficient (Wildman–Crippen LogP) is 3.90. The van der Waals surface area contributed by atoms with Crippen molar-refractivity contribution in [1.29, 1.82) is 0 Å². The van der Waals surface area contributed by atoms with Gasteiger partial charge in [-0.15, -0.1) is 0 Å². The van der Waals surface area contributed by atoms with E-state index >= 15 is 0 Å². The fourth-order valence-corrected chi connectivity index (χ4v) is 4.84. The number of nitrogens with two attached hydrogens (primary N) is 1. The van der Waals surface area contributed by atoms with Gasteiger partial charge in [0.1, 0.15) is 11.4 Å². The maximum Gasteiger partial charge on any atom is 0.409 e. The maximum absolute atomic E-state index is 13.2. The van der Waals surface area contributed by atoms with Crippen LogP contribution in [0.4, 0.5) is 9.59 Å². The number of aliphatic hydroxyl groups is 2. The van der Waals surface area contributed by atoms with E-state index in [1.807, 2.05) is 30.3 Å².